The van der Waals surface area contributed by atoms with E-state index in [0.29, 0.717) is 18.8 Å². The summed E-state index contributed by atoms with van der Waals surface area (Å²) in [5.74, 6) is 0. The van der Waals surface area contributed by atoms with E-state index in [4.69, 9.17) is 10.00 Å². The molecule has 0 amide bonds. The molecule has 114 valence electrons. The van der Waals surface area contributed by atoms with E-state index >= 15 is 0 Å². The lowest BCUT2D eigenvalue weighted by atomic mass is 10.2. The average Bonchev–Trinajstić information content (AvgIpc) is 2.56. The highest BCUT2D eigenvalue weighted by Crippen LogP contribution is 2.13. The number of pyridine rings is 1. The molecule has 2 rings (SSSR count). The van der Waals surface area contributed by atoms with Gasteiger partial charge in [0.05, 0.1) is 19.3 Å². The number of likely N-dealkylation sites (N-methyl/N-ethyl adjacent to an activating group) is 1. The molecule has 0 aliphatic heterocycles. The third-order valence-electron chi connectivity index (χ3n) is 3.21. The molecule has 5 heteroatoms. The molecule has 22 heavy (non-hydrogen) atoms. The molecule has 0 radical (unpaired) electrons. The largest absolute Gasteiger partial charge is 0.389 e. The van der Waals surface area contributed by atoms with Crippen molar-refractivity contribution in [3.05, 3.63) is 59.9 Å². The molecular weight excluding hydrogens is 278 g/mol. The molecule has 2 aromatic rings. The van der Waals surface area contributed by atoms with Crippen LogP contribution >= 0.6 is 0 Å². The second kappa shape index (κ2) is 8.13. The molecular formula is C17H19N3O2. The van der Waals surface area contributed by atoms with Crippen LogP contribution in [0.1, 0.15) is 11.3 Å². The number of nitriles is 1. The molecule has 0 spiro atoms. The van der Waals surface area contributed by atoms with Crippen molar-refractivity contribution in [3.63, 3.8) is 0 Å². The van der Waals surface area contributed by atoms with Gasteiger partial charge in [-0.2, -0.15) is 5.26 Å². The number of rotatable bonds is 7. The summed E-state index contributed by atoms with van der Waals surface area (Å²) in [4.78, 5) is 5.80. The molecule has 1 aromatic carbocycles. The number of hydrogen-bond donors (Lipinski definition) is 1. The molecule has 1 N–H and O–H groups in total. The zero-order valence-electron chi connectivity index (χ0n) is 12.5. The van der Waals surface area contributed by atoms with Crippen LogP contribution in [0.3, 0.4) is 0 Å². The Balaban J connectivity index is 1.78. The minimum absolute atomic E-state index is 0.259. The highest BCUT2D eigenvalue weighted by Gasteiger charge is 2.10. The lowest BCUT2D eigenvalue weighted by Crippen LogP contribution is -2.32. The van der Waals surface area contributed by atoms with Crippen LogP contribution in [0, 0.1) is 11.3 Å². The first-order valence-corrected chi connectivity index (χ1v) is 7.06. The van der Waals surface area contributed by atoms with Crippen molar-refractivity contribution in [2.45, 2.75) is 12.7 Å². The van der Waals surface area contributed by atoms with Crippen molar-refractivity contribution in [2.24, 2.45) is 0 Å². The lowest BCUT2D eigenvalue weighted by Gasteiger charge is -2.22. The maximum absolute atomic E-state index is 10.0. The Labute approximate surface area is 130 Å². The van der Waals surface area contributed by atoms with Gasteiger partial charge in [-0.1, -0.05) is 30.3 Å². The van der Waals surface area contributed by atoms with Crippen molar-refractivity contribution in [3.8, 4) is 6.07 Å². The molecule has 0 saturated heterocycles. The van der Waals surface area contributed by atoms with Crippen LogP contribution in [-0.4, -0.2) is 36.4 Å². The summed E-state index contributed by atoms with van der Waals surface area (Å²) in [6.07, 6.45) is 0.982. The smallest absolute Gasteiger partial charge is 0.142 e. The summed E-state index contributed by atoms with van der Waals surface area (Å²) < 4.78 is 5.52. The number of aliphatic hydroxyl groups excluding tert-OH is 1. The van der Waals surface area contributed by atoms with Gasteiger partial charge < -0.3 is 14.7 Å². The molecule has 0 unspecified atom stereocenters. The molecule has 1 aromatic heterocycles. The van der Waals surface area contributed by atoms with E-state index in [-0.39, 0.29) is 6.61 Å². The fraction of sp³-hybridized carbons (Fsp3) is 0.294. The van der Waals surface area contributed by atoms with Gasteiger partial charge in [0, 0.05) is 25.5 Å². The van der Waals surface area contributed by atoms with Crippen molar-refractivity contribution in [2.75, 3.05) is 25.1 Å². The molecule has 1 heterocycles. The van der Waals surface area contributed by atoms with Crippen LogP contribution in [0.25, 0.3) is 0 Å². The van der Waals surface area contributed by atoms with Gasteiger partial charge in [-0.15, -0.1) is 0 Å². The summed E-state index contributed by atoms with van der Waals surface area (Å²) >= 11 is 0. The van der Waals surface area contributed by atoms with E-state index < -0.39 is 6.10 Å². The highest BCUT2D eigenvalue weighted by molar-refractivity contribution is 5.48. The van der Waals surface area contributed by atoms with E-state index in [9.17, 15) is 5.11 Å². The molecule has 0 aliphatic rings. The normalized spacial score (nSPS) is 11.7. The van der Waals surface area contributed by atoms with Gasteiger partial charge in [0.25, 0.3) is 0 Å². The zero-order chi connectivity index (χ0) is 15.8. The third-order valence-corrected chi connectivity index (χ3v) is 3.21. The molecule has 0 fully saturated rings. The van der Waals surface area contributed by atoms with Gasteiger partial charge in [0.2, 0.25) is 0 Å². The van der Waals surface area contributed by atoms with E-state index in [0.717, 1.165) is 11.3 Å². The summed E-state index contributed by atoms with van der Waals surface area (Å²) in [6, 6.07) is 15.3. The van der Waals surface area contributed by atoms with E-state index in [1.807, 2.05) is 48.3 Å². The fourth-order valence-corrected chi connectivity index (χ4v) is 2.08. The van der Waals surface area contributed by atoms with Crippen LogP contribution < -0.4 is 4.90 Å². The first-order valence-electron chi connectivity index (χ1n) is 7.06. The van der Waals surface area contributed by atoms with E-state index in [1.54, 1.807) is 18.3 Å². The second-order valence-corrected chi connectivity index (χ2v) is 5.05. The molecule has 0 saturated carbocycles. The Hall–Kier alpha value is -2.42. The Morgan fingerprint density at radius 1 is 1.32 bits per heavy atom. The standard InChI is InChI=1S/C17H19N3O2/c1-20(16-7-8-19-15(9-16)10-18)11-17(21)13-22-12-14-5-3-2-4-6-14/h2-9,17,21H,11-13H2,1H3/t17-/m1/s1. The summed E-state index contributed by atoms with van der Waals surface area (Å²) in [5.41, 5.74) is 2.28. The second-order valence-electron chi connectivity index (χ2n) is 5.05. The Morgan fingerprint density at radius 3 is 2.82 bits per heavy atom. The van der Waals surface area contributed by atoms with Crippen LogP contribution in [0.5, 0.6) is 0 Å². The maximum atomic E-state index is 10.0. The Morgan fingerprint density at radius 2 is 2.09 bits per heavy atom. The fourth-order valence-electron chi connectivity index (χ4n) is 2.08. The maximum Gasteiger partial charge on any atom is 0.142 e. The number of nitrogens with zero attached hydrogens (tertiary/aromatic N) is 3. The van der Waals surface area contributed by atoms with Crippen LogP contribution in [0.2, 0.25) is 0 Å². The summed E-state index contributed by atoms with van der Waals surface area (Å²) in [7, 11) is 1.86. The lowest BCUT2D eigenvalue weighted by molar-refractivity contribution is 0.0324. The molecule has 0 bridgehead atoms. The number of benzene rings is 1. The summed E-state index contributed by atoms with van der Waals surface area (Å²) in [5, 5.41) is 18.9. The number of aliphatic hydroxyl groups is 1. The van der Waals surface area contributed by atoms with Crippen molar-refractivity contribution in [1.82, 2.24) is 4.98 Å². The molecule has 5 nitrogen and oxygen atoms in total. The predicted molar refractivity (Wildman–Crippen MR) is 84.3 cm³/mol. The minimum atomic E-state index is -0.604. The van der Waals surface area contributed by atoms with Crippen LogP contribution in [0.15, 0.2) is 48.7 Å². The first kappa shape index (κ1) is 16.0. The SMILES string of the molecule is CN(C[C@@H](O)COCc1ccccc1)c1ccnc(C#N)c1. The number of hydrogen-bond acceptors (Lipinski definition) is 5. The monoisotopic (exact) mass is 297 g/mol. The van der Waals surface area contributed by atoms with Gasteiger partial charge in [-0.05, 0) is 17.7 Å². The average molecular weight is 297 g/mol. The molecule has 0 aliphatic carbocycles. The van der Waals surface area contributed by atoms with Crippen molar-refractivity contribution in [1.29, 1.82) is 5.26 Å². The number of ether oxygens (including phenoxy) is 1. The minimum Gasteiger partial charge on any atom is -0.389 e. The van der Waals surface area contributed by atoms with Crippen molar-refractivity contribution >= 4 is 5.69 Å². The van der Waals surface area contributed by atoms with Crippen LogP contribution in [0.4, 0.5) is 5.69 Å². The topological polar surface area (TPSA) is 69.4 Å². The van der Waals surface area contributed by atoms with E-state index in [2.05, 4.69) is 4.98 Å². The first-order chi connectivity index (χ1) is 10.7. The number of aromatic nitrogens is 1. The Bertz CT molecular complexity index is 625. The van der Waals surface area contributed by atoms with Crippen molar-refractivity contribution < 1.29 is 9.84 Å². The predicted octanol–water partition coefficient (Wildman–Crippen LogP) is 1.97. The van der Waals surface area contributed by atoms with E-state index in [1.165, 1.54) is 0 Å². The zero-order valence-corrected chi connectivity index (χ0v) is 12.5. The third kappa shape index (κ3) is 4.85. The van der Waals surface area contributed by atoms with Crippen LogP contribution in [-0.2, 0) is 11.3 Å². The van der Waals surface area contributed by atoms with Gasteiger partial charge in [-0.25, -0.2) is 4.98 Å². The molecule has 1 atom stereocenters. The highest BCUT2D eigenvalue weighted by atomic mass is 16.5. The van der Waals surface area contributed by atoms with Gasteiger partial charge >= 0.3 is 0 Å². The number of anilines is 1. The summed E-state index contributed by atoms with van der Waals surface area (Å²) in [6.45, 7) is 1.16. The van der Waals surface area contributed by atoms with Gasteiger partial charge in [0.15, 0.2) is 0 Å². The van der Waals surface area contributed by atoms with Gasteiger partial charge in [-0.3, -0.25) is 0 Å². The van der Waals surface area contributed by atoms with Gasteiger partial charge in [0.1, 0.15) is 11.8 Å². The Kier molecular flexibility index (Phi) is 5.90. The quantitative estimate of drug-likeness (QED) is 0.846.